The number of hydrogen-bond donors (Lipinski definition) is 1. The SMILES string of the molecule is Cc1cc(NC(=O)CCCCl)ccc1Br. The summed E-state index contributed by atoms with van der Waals surface area (Å²) >= 11 is 8.92. The largest absolute Gasteiger partial charge is 0.326 e. The van der Waals surface area contributed by atoms with Gasteiger partial charge in [0.2, 0.25) is 5.91 Å². The number of benzene rings is 1. The van der Waals surface area contributed by atoms with Crippen LogP contribution in [0, 0.1) is 6.92 Å². The second-order valence-electron chi connectivity index (χ2n) is 3.30. The van der Waals surface area contributed by atoms with Gasteiger partial charge in [0.15, 0.2) is 0 Å². The molecular weight excluding hydrogens is 277 g/mol. The molecule has 0 aromatic heterocycles. The Hall–Kier alpha value is -0.540. The molecule has 0 saturated heterocycles. The smallest absolute Gasteiger partial charge is 0.224 e. The van der Waals surface area contributed by atoms with E-state index in [4.69, 9.17) is 11.6 Å². The fourth-order valence-electron chi connectivity index (χ4n) is 1.17. The molecule has 0 fully saturated rings. The molecule has 0 unspecified atom stereocenters. The van der Waals surface area contributed by atoms with Crippen LogP contribution >= 0.6 is 27.5 Å². The van der Waals surface area contributed by atoms with E-state index in [9.17, 15) is 4.79 Å². The third-order valence-electron chi connectivity index (χ3n) is 1.98. The van der Waals surface area contributed by atoms with Crippen LogP contribution in [0.15, 0.2) is 22.7 Å². The maximum Gasteiger partial charge on any atom is 0.224 e. The van der Waals surface area contributed by atoms with Crippen molar-refractivity contribution in [1.82, 2.24) is 0 Å². The Kier molecular flexibility index (Phi) is 5.12. The Morgan fingerprint density at radius 1 is 1.53 bits per heavy atom. The summed E-state index contributed by atoms with van der Waals surface area (Å²) in [6.07, 6.45) is 1.18. The molecule has 0 radical (unpaired) electrons. The molecule has 1 rings (SSSR count). The Labute approximate surface area is 103 Å². The zero-order valence-corrected chi connectivity index (χ0v) is 10.9. The Balaban J connectivity index is 2.57. The predicted molar refractivity (Wildman–Crippen MR) is 67.5 cm³/mol. The van der Waals surface area contributed by atoms with Crippen LogP contribution in [-0.4, -0.2) is 11.8 Å². The van der Waals surface area contributed by atoms with Gasteiger partial charge in [-0.1, -0.05) is 15.9 Å². The number of hydrogen-bond acceptors (Lipinski definition) is 1. The Morgan fingerprint density at radius 3 is 2.87 bits per heavy atom. The van der Waals surface area contributed by atoms with Crippen LogP contribution < -0.4 is 5.32 Å². The van der Waals surface area contributed by atoms with Crippen molar-refractivity contribution in [3.63, 3.8) is 0 Å². The van der Waals surface area contributed by atoms with Gasteiger partial charge in [-0.25, -0.2) is 0 Å². The molecule has 1 amide bonds. The molecule has 0 heterocycles. The first-order valence-electron chi connectivity index (χ1n) is 4.75. The highest BCUT2D eigenvalue weighted by Crippen LogP contribution is 2.20. The maximum atomic E-state index is 11.4. The molecule has 4 heteroatoms. The number of anilines is 1. The minimum absolute atomic E-state index is 0.0115. The van der Waals surface area contributed by atoms with Crippen molar-refractivity contribution in [3.05, 3.63) is 28.2 Å². The van der Waals surface area contributed by atoms with Gasteiger partial charge in [-0.2, -0.15) is 0 Å². The van der Waals surface area contributed by atoms with Gasteiger partial charge in [0.1, 0.15) is 0 Å². The highest BCUT2D eigenvalue weighted by atomic mass is 79.9. The van der Waals surface area contributed by atoms with Gasteiger partial charge in [0.25, 0.3) is 0 Å². The predicted octanol–water partition coefficient (Wildman–Crippen LogP) is 3.72. The molecule has 0 atom stereocenters. The highest BCUT2D eigenvalue weighted by molar-refractivity contribution is 9.10. The number of amides is 1. The van der Waals surface area contributed by atoms with Crippen molar-refractivity contribution in [3.8, 4) is 0 Å². The van der Waals surface area contributed by atoms with Gasteiger partial charge >= 0.3 is 0 Å². The molecule has 0 saturated carbocycles. The zero-order valence-electron chi connectivity index (χ0n) is 8.52. The van der Waals surface area contributed by atoms with E-state index in [1.807, 2.05) is 25.1 Å². The molecule has 0 spiro atoms. The van der Waals surface area contributed by atoms with E-state index < -0.39 is 0 Å². The number of nitrogens with one attached hydrogen (secondary N) is 1. The first kappa shape index (κ1) is 12.5. The molecule has 0 aliphatic carbocycles. The van der Waals surface area contributed by atoms with Crippen molar-refractivity contribution in [2.24, 2.45) is 0 Å². The zero-order chi connectivity index (χ0) is 11.3. The number of carbonyl (C=O) groups is 1. The first-order valence-corrected chi connectivity index (χ1v) is 6.08. The Morgan fingerprint density at radius 2 is 2.27 bits per heavy atom. The van der Waals surface area contributed by atoms with Crippen LogP contribution in [0.2, 0.25) is 0 Å². The van der Waals surface area contributed by atoms with Crippen molar-refractivity contribution >= 4 is 39.1 Å². The number of rotatable bonds is 4. The normalized spacial score (nSPS) is 10.1. The summed E-state index contributed by atoms with van der Waals surface area (Å²) in [5.74, 6) is 0.532. The van der Waals surface area contributed by atoms with Crippen LogP contribution in [0.1, 0.15) is 18.4 Å². The lowest BCUT2D eigenvalue weighted by Gasteiger charge is -2.06. The van der Waals surface area contributed by atoms with Gasteiger partial charge in [-0.05, 0) is 37.1 Å². The molecular formula is C11H13BrClNO. The summed E-state index contributed by atoms with van der Waals surface area (Å²) in [6.45, 7) is 1.98. The lowest BCUT2D eigenvalue weighted by atomic mass is 10.2. The minimum Gasteiger partial charge on any atom is -0.326 e. The van der Waals surface area contributed by atoms with Crippen molar-refractivity contribution in [2.45, 2.75) is 19.8 Å². The fraction of sp³-hybridized carbons (Fsp3) is 0.364. The molecule has 1 aromatic rings. The highest BCUT2D eigenvalue weighted by Gasteiger charge is 2.02. The molecule has 0 bridgehead atoms. The summed E-state index contributed by atoms with van der Waals surface area (Å²) in [4.78, 5) is 11.4. The summed E-state index contributed by atoms with van der Waals surface area (Å²) < 4.78 is 1.04. The number of carbonyl (C=O) groups excluding carboxylic acids is 1. The minimum atomic E-state index is 0.0115. The molecule has 82 valence electrons. The van der Waals surface area contributed by atoms with Crippen molar-refractivity contribution in [1.29, 1.82) is 0 Å². The average molecular weight is 291 g/mol. The van der Waals surface area contributed by atoms with E-state index in [0.717, 1.165) is 15.7 Å². The van der Waals surface area contributed by atoms with Crippen LogP contribution in [0.3, 0.4) is 0 Å². The molecule has 1 N–H and O–H groups in total. The van der Waals surface area contributed by atoms with Crippen molar-refractivity contribution in [2.75, 3.05) is 11.2 Å². The topological polar surface area (TPSA) is 29.1 Å². The second-order valence-corrected chi connectivity index (χ2v) is 4.54. The summed E-state index contributed by atoms with van der Waals surface area (Å²) in [5.41, 5.74) is 1.93. The van der Waals surface area contributed by atoms with Gasteiger partial charge in [0, 0.05) is 22.5 Å². The molecule has 2 nitrogen and oxygen atoms in total. The lowest BCUT2D eigenvalue weighted by molar-refractivity contribution is -0.116. The summed E-state index contributed by atoms with van der Waals surface area (Å²) in [5, 5.41) is 2.83. The molecule has 1 aromatic carbocycles. The van der Waals surface area contributed by atoms with Crippen molar-refractivity contribution < 1.29 is 4.79 Å². The van der Waals surface area contributed by atoms with Gasteiger partial charge in [0.05, 0.1) is 0 Å². The van der Waals surface area contributed by atoms with Crippen LogP contribution in [-0.2, 0) is 4.79 Å². The van der Waals surface area contributed by atoms with Gasteiger partial charge < -0.3 is 5.32 Å². The second kappa shape index (κ2) is 6.13. The summed E-state index contributed by atoms with van der Waals surface area (Å²) in [6, 6.07) is 5.73. The third kappa shape index (κ3) is 4.22. The van der Waals surface area contributed by atoms with Gasteiger partial charge in [-0.3, -0.25) is 4.79 Å². The first-order chi connectivity index (χ1) is 7.13. The van der Waals surface area contributed by atoms with Gasteiger partial charge in [-0.15, -0.1) is 11.6 Å². The van der Waals surface area contributed by atoms with E-state index in [1.54, 1.807) is 0 Å². The fourth-order valence-corrected chi connectivity index (χ4v) is 1.55. The quantitative estimate of drug-likeness (QED) is 0.841. The summed E-state index contributed by atoms with van der Waals surface area (Å²) in [7, 11) is 0. The molecule has 15 heavy (non-hydrogen) atoms. The third-order valence-corrected chi connectivity index (χ3v) is 3.14. The van der Waals surface area contributed by atoms with E-state index in [-0.39, 0.29) is 5.91 Å². The van der Waals surface area contributed by atoms with Crippen LogP contribution in [0.5, 0.6) is 0 Å². The molecule has 0 aliphatic heterocycles. The standard InChI is InChI=1S/C11H13BrClNO/c1-8-7-9(4-5-10(8)12)14-11(15)3-2-6-13/h4-5,7H,2-3,6H2,1H3,(H,14,15). The van der Waals surface area contributed by atoms with E-state index >= 15 is 0 Å². The molecule has 0 aliphatic rings. The monoisotopic (exact) mass is 289 g/mol. The van der Waals surface area contributed by atoms with E-state index in [1.165, 1.54) is 0 Å². The number of halogens is 2. The van der Waals surface area contributed by atoms with E-state index in [2.05, 4.69) is 21.2 Å². The average Bonchev–Trinajstić information content (AvgIpc) is 2.20. The lowest BCUT2D eigenvalue weighted by Crippen LogP contribution is -2.11. The Bertz CT molecular complexity index is 354. The van der Waals surface area contributed by atoms with Crippen LogP contribution in [0.4, 0.5) is 5.69 Å². The maximum absolute atomic E-state index is 11.4. The number of alkyl halides is 1. The van der Waals surface area contributed by atoms with E-state index in [0.29, 0.717) is 18.7 Å². The van der Waals surface area contributed by atoms with Crippen LogP contribution in [0.25, 0.3) is 0 Å². The number of aryl methyl sites for hydroxylation is 1.